The Morgan fingerprint density at radius 3 is 2.27 bits per heavy atom. The van der Waals surface area contributed by atoms with E-state index in [0.29, 0.717) is 5.39 Å². The highest BCUT2D eigenvalue weighted by molar-refractivity contribution is 7.26. The number of hydrogen-bond acceptors (Lipinski definition) is 3. The maximum Gasteiger partial charge on any atom is 0.147 e. The van der Waals surface area contributed by atoms with Crippen molar-refractivity contribution in [2.75, 3.05) is 0 Å². The Labute approximate surface area is 233 Å². The normalized spacial score (nSPS) is 11.8. The van der Waals surface area contributed by atoms with E-state index in [-0.39, 0.29) is 5.82 Å². The number of aryl methyl sites for hydroxylation is 1. The van der Waals surface area contributed by atoms with Crippen molar-refractivity contribution in [3.8, 4) is 28.2 Å². The average molecular weight is 536 g/mol. The van der Waals surface area contributed by atoms with Crippen LogP contribution in [0.5, 0.6) is 0 Å². The lowest BCUT2D eigenvalue weighted by Gasteiger charge is -2.18. The molecule has 0 spiro atoms. The van der Waals surface area contributed by atoms with Gasteiger partial charge in [-0.2, -0.15) is 0 Å². The highest BCUT2D eigenvalue weighted by Crippen LogP contribution is 2.43. The lowest BCUT2D eigenvalue weighted by Crippen LogP contribution is -2.03. The van der Waals surface area contributed by atoms with Crippen molar-refractivity contribution in [2.45, 2.75) is 6.92 Å². The van der Waals surface area contributed by atoms with E-state index in [1.165, 1.54) is 0 Å². The molecule has 3 aromatic heterocycles. The van der Waals surface area contributed by atoms with Gasteiger partial charge in [0.15, 0.2) is 0 Å². The molecule has 0 aliphatic rings. The van der Waals surface area contributed by atoms with Crippen LogP contribution in [0.2, 0.25) is 0 Å². The van der Waals surface area contributed by atoms with Gasteiger partial charge in [-0.05, 0) is 48.9 Å². The summed E-state index contributed by atoms with van der Waals surface area (Å²) in [7, 11) is 0. The number of rotatable bonds is 3. The lowest BCUT2D eigenvalue weighted by atomic mass is 9.97. The van der Waals surface area contributed by atoms with Crippen molar-refractivity contribution >= 4 is 53.4 Å². The second-order valence-corrected chi connectivity index (χ2v) is 11.0. The first-order valence-corrected chi connectivity index (χ1v) is 14.0. The third-order valence-electron chi connectivity index (χ3n) is 7.58. The van der Waals surface area contributed by atoms with E-state index in [4.69, 9.17) is 9.97 Å². The molecule has 0 N–H and O–H groups in total. The summed E-state index contributed by atoms with van der Waals surface area (Å²) < 4.78 is 19.0. The molecule has 0 atom stereocenters. The van der Waals surface area contributed by atoms with Crippen LogP contribution in [0.4, 0.5) is 4.39 Å². The molecule has 0 amide bonds. The number of nitrogens with zero attached hydrogens (tertiary/aromatic N) is 3. The van der Waals surface area contributed by atoms with Crippen LogP contribution in [-0.4, -0.2) is 14.5 Å². The molecule has 0 saturated heterocycles. The van der Waals surface area contributed by atoms with Crippen LogP contribution < -0.4 is 0 Å². The summed E-state index contributed by atoms with van der Waals surface area (Å²) >= 11 is 1.69. The van der Waals surface area contributed by atoms with Crippen molar-refractivity contribution in [3.05, 3.63) is 127 Å². The minimum atomic E-state index is -0.239. The third-order valence-corrected chi connectivity index (χ3v) is 8.73. The molecule has 5 aromatic carbocycles. The van der Waals surface area contributed by atoms with Gasteiger partial charge in [-0.3, -0.25) is 4.57 Å². The molecule has 190 valence electrons. The zero-order chi connectivity index (χ0) is 26.8. The fourth-order valence-electron chi connectivity index (χ4n) is 5.77. The monoisotopic (exact) mass is 535 g/mol. The number of pyridine rings is 1. The second kappa shape index (κ2) is 8.83. The summed E-state index contributed by atoms with van der Waals surface area (Å²) in [5.41, 5.74) is 6.57. The summed E-state index contributed by atoms with van der Waals surface area (Å²) in [5.74, 6) is 0.584. The SMILES string of the molecule is Cc1ccc2c(n1)sc1c(-c3nc4ccccc4n3-c3c(-c4ccccc4)cc(F)c4ccccc34)cccc12. The van der Waals surface area contributed by atoms with E-state index >= 15 is 4.39 Å². The molecular weight excluding hydrogens is 513 g/mol. The number of imidazole rings is 1. The van der Waals surface area contributed by atoms with Gasteiger partial charge in [0.05, 0.1) is 16.7 Å². The van der Waals surface area contributed by atoms with Crippen molar-refractivity contribution in [1.82, 2.24) is 14.5 Å². The van der Waals surface area contributed by atoms with Gasteiger partial charge in [-0.25, -0.2) is 14.4 Å². The number of para-hydroxylation sites is 2. The van der Waals surface area contributed by atoms with Gasteiger partial charge in [0.25, 0.3) is 0 Å². The number of halogens is 1. The maximum absolute atomic E-state index is 15.6. The van der Waals surface area contributed by atoms with E-state index in [9.17, 15) is 0 Å². The summed E-state index contributed by atoms with van der Waals surface area (Å²) in [6, 6.07) is 38.2. The Balaban J connectivity index is 1.55. The van der Waals surface area contributed by atoms with Crippen molar-refractivity contribution in [2.24, 2.45) is 0 Å². The molecule has 0 aliphatic carbocycles. The van der Waals surface area contributed by atoms with Crippen molar-refractivity contribution in [1.29, 1.82) is 0 Å². The van der Waals surface area contributed by atoms with Crippen LogP contribution in [0.1, 0.15) is 5.69 Å². The molecule has 40 heavy (non-hydrogen) atoms. The van der Waals surface area contributed by atoms with Gasteiger partial charge in [0, 0.05) is 43.1 Å². The largest absolute Gasteiger partial charge is 0.291 e. The quantitative estimate of drug-likeness (QED) is 0.225. The Hall–Kier alpha value is -4.87. The molecule has 8 aromatic rings. The first kappa shape index (κ1) is 23.1. The van der Waals surface area contributed by atoms with Gasteiger partial charge in [0.1, 0.15) is 16.5 Å². The molecule has 0 radical (unpaired) electrons. The molecule has 3 heterocycles. The molecule has 5 heteroatoms. The van der Waals surface area contributed by atoms with Crippen LogP contribution in [0.3, 0.4) is 0 Å². The first-order valence-electron chi connectivity index (χ1n) is 13.2. The van der Waals surface area contributed by atoms with Gasteiger partial charge >= 0.3 is 0 Å². The van der Waals surface area contributed by atoms with Gasteiger partial charge in [-0.15, -0.1) is 11.3 Å². The third kappa shape index (κ3) is 3.41. The van der Waals surface area contributed by atoms with Crippen LogP contribution >= 0.6 is 11.3 Å². The van der Waals surface area contributed by atoms with Crippen LogP contribution in [0.15, 0.2) is 115 Å². The number of aromatic nitrogens is 3. The second-order valence-electron chi connectivity index (χ2n) is 10.0. The Morgan fingerprint density at radius 2 is 1.40 bits per heavy atom. The Morgan fingerprint density at radius 1 is 0.650 bits per heavy atom. The topological polar surface area (TPSA) is 30.7 Å². The molecule has 3 nitrogen and oxygen atoms in total. The number of thiophene rings is 1. The van der Waals surface area contributed by atoms with Gasteiger partial charge < -0.3 is 0 Å². The molecule has 0 saturated carbocycles. The molecule has 8 rings (SSSR count). The minimum Gasteiger partial charge on any atom is -0.291 e. The number of fused-ring (bicyclic) bond motifs is 5. The Kier molecular flexibility index (Phi) is 5.09. The smallest absolute Gasteiger partial charge is 0.147 e. The first-order chi connectivity index (χ1) is 19.7. The zero-order valence-electron chi connectivity index (χ0n) is 21.6. The van der Waals surface area contributed by atoms with E-state index in [1.54, 1.807) is 17.4 Å². The fourth-order valence-corrected chi connectivity index (χ4v) is 7.00. The summed E-state index contributed by atoms with van der Waals surface area (Å²) in [6.45, 7) is 2.02. The molecule has 0 unspecified atom stereocenters. The predicted molar refractivity (Wildman–Crippen MR) is 165 cm³/mol. The average Bonchev–Trinajstić information content (AvgIpc) is 3.55. The van der Waals surface area contributed by atoms with Crippen LogP contribution in [0.25, 0.3) is 70.3 Å². The highest BCUT2D eigenvalue weighted by Gasteiger charge is 2.23. The predicted octanol–water partition coefficient (Wildman–Crippen LogP) is 9.72. The van der Waals surface area contributed by atoms with Gasteiger partial charge in [0.2, 0.25) is 0 Å². The fraction of sp³-hybridized carbons (Fsp3) is 0.0286. The maximum atomic E-state index is 15.6. The standard InChI is InChI=1S/C35H22FN3S/c1-21-18-19-26-25-14-9-15-27(33(25)40-35(26)37-21)34-38-30-16-7-8-17-31(30)39(34)32-24-13-6-5-12-23(24)29(36)20-28(32)22-10-3-2-4-11-22/h2-20H,1H3. The minimum absolute atomic E-state index is 0.239. The Bertz CT molecular complexity index is 2250. The van der Waals surface area contributed by atoms with Crippen molar-refractivity contribution in [3.63, 3.8) is 0 Å². The molecule has 0 bridgehead atoms. The molecule has 0 fully saturated rings. The van der Waals surface area contributed by atoms with Gasteiger partial charge in [-0.1, -0.05) is 78.9 Å². The van der Waals surface area contributed by atoms with E-state index in [0.717, 1.165) is 70.6 Å². The van der Waals surface area contributed by atoms with E-state index < -0.39 is 0 Å². The summed E-state index contributed by atoms with van der Waals surface area (Å²) in [4.78, 5) is 11.1. The van der Waals surface area contributed by atoms with Crippen LogP contribution in [-0.2, 0) is 0 Å². The van der Waals surface area contributed by atoms with E-state index in [1.807, 2.05) is 79.7 Å². The highest BCUT2D eigenvalue weighted by atomic mass is 32.1. The zero-order valence-corrected chi connectivity index (χ0v) is 22.4. The number of hydrogen-bond donors (Lipinski definition) is 0. The molecule has 0 aliphatic heterocycles. The van der Waals surface area contributed by atoms with Crippen molar-refractivity contribution < 1.29 is 4.39 Å². The lowest BCUT2D eigenvalue weighted by molar-refractivity contribution is 0.640. The summed E-state index contributed by atoms with van der Waals surface area (Å²) in [6.07, 6.45) is 0. The van der Waals surface area contributed by atoms with Crippen LogP contribution in [0, 0.1) is 12.7 Å². The summed E-state index contributed by atoms with van der Waals surface area (Å²) in [5, 5.41) is 3.73. The van der Waals surface area contributed by atoms with E-state index in [2.05, 4.69) is 41.0 Å². The number of benzene rings is 5. The molecular formula is C35H22FN3S.